The number of amides is 2. The zero-order valence-electron chi connectivity index (χ0n) is 9.61. The maximum atomic E-state index is 11.4. The molecule has 88 valence electrons. The van der Waals surface area contributed by atoms with Gasteiger partial charge in [-0.25, -0.2) is 0 Å². The Morgan fingerprint density at radius 2 is 1.81 bits per heavy atom. The third kappa shape index (κ3) is 2.31. The first kappa shape index (κ1) is 11.3. The van der Waals surface area contributed by atoms with Gasteiger partial charge in [0.25, 0.3) is 11.8 Å². The Bertz CT molecular complexity index is 314. The molecule has 0 radical (unpaired) electrons. The van der Waals surface area contributed by atoms with Crippen molar-refractivity contribution in [2.24, 2.45) is 0 Å². The third-order valence-corrected chi connectivity index (χ3v) is 3.42. The lowest BCUT2D eigenvalue weighted by Gasteiger charge is -2.38. The number of likely N-dealkylation sites (N-methyl/N-ethyl adjacent to an activating group) is 1. The van der Waals surface area contributed by atoms with Crippen molar-refractivity contribution in [3.05, 3.63) is 12.2 Å². The molecule has 2 heterocycles. The quantitative estimate of drug-likeness (QED) is 0.492. The highest BCUT2D eigenvalue weighted by molar-refractivity contribution is 6.12. The van der Waals surface area contributed by atoms with Crippen LogP contribution in [0.3, 0.4) is 0 Å². The average molecular weight is 224 g/mol. The van der Waals surface area contributed by atoms with Crippen molar-refractivity contribution in [1.82, 2.24) is 10.2 Å². The fourth-order valence-electron chi connectivity index (χ4n) is 2.15. The van der Waals surface area contributed by atoms with Gasteiger partial charge >= 0.3 is 0 Å². The number of rotatable bonds is 3. The van der Waals surface area contributed by atoms with E-state index in [9.17, 15) is 9.59 Å². The second-order valence-electron chi connectivity index (χ2n) is 4.70. The van der Waals surface area contributed by atoms with Crippen molar-refractivity contribution in [2.75, 3.05) is 46.3 Å². The molecule has 5 nitrogen and oxygen atoms in total. The minimum atomic E-state index is -0.174. The molecule has 0 spiro atoms. The summed E-state index contributed by atoms with van der Waals surface area (Å²) in [5.41, 5.74) is 0. The number of nitrogens with one attached hydrogen (secondary N) is 1. The normalized spacial score (nSPS) is 24.2. The molecule has 2 amide bonds. The van der Waals surface area contributed by atoms with Gasteiger partial charge in [-0.15, -0.1) is 0 Å². The van der Waals surface area contributed by atoms with Gasteiger partial charge in [-0.1, -0.05) is 0 Å². The van der Waals surface area contributed by atoms with E-state index in [0.29, 0.717) is 6.54 Å². The van der Waals surface area contributed by atoms with Crippen molar-refractivity contribution >= 4 is 11.8 Å². The molecule has 1 fully saturated rings. The highest BCUT2D eigenvalue weighted by atomic mass is 16.2. The Labute approximate surface area is 95.3 Å². The molecule has 0 saturated carbocycles. The molecular weight excluding hydrogens is 206 g/mol. The largest absolute Gasteiger partial charge is 0.322 e. The smallest absolute Gasteiger partial charge is 0.253 e. The van der Waals surface area contributed by atoms with Crippen LogP contribution in [0.15, 0.2) is 12.2 Å². The minimum Gasteiger partial charge on any atom is -0.322 e. The molecule has 2 rings (SSSR count). The maximum absolute atomic E-state index is 11.4. The summed E-state index contributed by atoms with van der Waals surface area (Å²) in [6.07, 6.45) is 2.69. The van der Waals surface area contributed by atoms with Gasteiger partial charge in [0.15, 0.2) is 0 Å². The van der Waals surface area contributed by atoms with E-state index in [1.165, 1.54) is 17.1 Å². The van der Waals surface area contributed by atoms with E-state index < -0.39 is 0 Å². The van der Waals surface area contributed by atoms with Crippen LogP contribution >= 0.6 is 0 Å². The second kappa shape index (κ2) is 4.35. The van der Waals surface area contributed by atoms with Crippen LogP contribution in [-0.2, 0) is 9.59 Å². The average Bonchev–Trinajstić information content (AvgIpc) is 2.57. The molecule has 1 N–H and O–H groups in total. The van der Waals surface area contributed by atoms with Crippen LogP contribution in [0.25, 0.3) is 0 Å². The Balaban J connectivity index is 1.87. The first-order chi connectivity index (χ1) is 7.61. The van der Waals surface area contributed by atoms with Gasteiger partial charge in [0, 0.05) is 25.2 Å². The molecule has 0 atom stereocenters. The molecule has 2 aliphatic rings. The number of hydrogen-bond acceptors (Lipinski definition) is 3. The minimum absolute atomic E-state index is 0.174. The molecule has 0 bridgehead atoms. The Morgan fingerprint density at radius 1 is 1.25 bits per heavy atom. The van der Waals surface area contributed by atoms with Crippen LogP contribution in [0.2, 0.25) is 0 Å². The van der Waals surface area contributed by atoms with E-state index in [-0.39, 0.29) is 11.8 Å². The van der Waals surface area contributed by atoms with Crippen LogP contribution in [-0.4, -0.2) is 67.5 Å². The predicted molar refractivity (Wildman–Crippen MR) is 59.5 cm³/mol. The lowest BCUT2D eigenvalue weighted by molar-refractivity contribution is -0.910. The molecule has 2 aliphatic heterocycles. The van der Waals surface area contributed by atoms with Crippen molar-refractivity contribution in [2.45, 2.75) is 0 Å². The first-order valence-corrected chi connectivity index (χ1v) is 5.69. The number of nitrogens with zero attached hydrogens (tertiary/aromatic N) is 2. The van der Waals surface area contributed by atoms with E-state index in [1.54, 1.807) is 0 Å². The Morgan fingerprint density at radius 3 is 2.38 bits per heavy atom. The van der Waals surface area contributed by atoms with Gasteiger partial charge in [0.2, 0.25) is 0 Å². The number of imide groups is 1. The Kier molecular flexibility index (Phi) is 3.07. The molecule has 1 saturated heterocycles. The van der Waals surface area contributed by atoms with E-state index in [1.807, 2.05) is 0 Å². The second-order valence-corrected chi connectivity index (χ2v) is 4.70. The number of carbonyl (C=O) groups excluding carboxylic acids is 2. The van der Waals surface area contributed by atoms with Crippen molar-refractivity contribution in [1.29, 1.82) is 0 Å². The van der Waals surface area contributed by atoms with Crippen LogP contribution < -0.4 is 5.32 Å². The van der Waals surface area contributed by atoms with Crippen LogP contribution in [0.1, 0.15) is 0 Å². The van der Waals surface area contributed by atoms with Gasteiger partial charge in [-0.05, 0) is 0 Å². The van der Waals surface area contributed by atoms with Crippen molar-refractivity contribution in [3.8, 4) is 0 Å². The number of quaternary nitrogens is 1. The predicted octanol–water partition coefficient (Wildman–Crippen LogP) is -1.04. The molecule has 16 heavy (non-hydrogen) atoms. The van der Waals surface area contributed by atoms with Crippen molar-refractivity contribution in [3.63, 3.8) is 0 Å². The molecule has 0 aliphatic carbocycles. The van der Waals surface area contributed by atoms with Gasteiger partial charge < -0.3 is 9.80 Å². The lowest BCUT2D eigenvalue weighted by Crippen LogP contribution is -2.58. The SMILES string of the molecule is C[N+]1(CCN2C(=O)C=CC2=O)CCNCC1. The standard InChI is InChI=1S/C11H18N3O2/c1-14(7-4-12-5-8-14)9-6-13-10(15)2-3-11(13)16/h2-3,12H,4-9H2,1H3/q+1. The van der Waals surface area contributed by atoms with Gasteiger partial charge in [-0.2, -0.15) is 0 Å². The summed E-state index contributed by atoms with van der Waals surface area (Å²) in [5, 5.41) is 3.31. The maximum Gasteiger partial charge on any atom is 0.253 e. The lowest BCUT2D eigenvalue weighted by atomic mass is 10.3. The number of piperazine rings is 1. The molecule has 0 aromatic heterocycles. The van der Waals surface area contributed by atoms with E-state index >= 15 is 0 Å². The summed E-state index contributed by atoms with van der Waals surface area (Å²) in [4.78, 5) is 24.0. The topological polar surface area (TPSA) is 49.4 Å². The van der Waals surface area contributed by atoms with Crippen LogP contribution in [0.5, 0.6) is 0 Å². The fraction of sp³-hybridized carbons (Fsp3) is 0.636. The highest BCUT2D eigenvalue weighted by Gasteiger charge is 2.29. The monoisotopic (exact) mass is 224 g/mol. The summed E-state index contributed by atoms with van der Waals surface area (Å²) in [6, 6.07) is 0. The molecule has 0 unspecified atom stereocenters. The number of hydrogen-bond donors (Lipinski definition) is 1. The fourth-order valence-corrected chi connectivity index (χ4v) is 2.15. The van der Waals surface area contributed by atoms with Gasteiger partial charge in [-0.3, -0.25) is 14.5 Å². The van der Waals surface area contributed by atoms with Gasteiger partial charge in [0.1, 0.15) is 0 Å². The summed E-state index contributed by atoms with van der Waals surface area (Å²) in [7, 11) is 2.18. The van der Waals surface area contributed by atoms with Crippen molar-refractivity contribution < 1.29 is 14.1 Å². The Hall–Kier alpha value is -1.20. The van der Waals surface area contributed by atoms with Crippen LogP contribution in [0.4, 0.5) is 0 Å². The first-order valence-electron chi connectivity index (χ1n) is 5.69. The molecule has 0 aromatic carbocycles. The van der Waals surface area contributed by atoms with Crippen LogP contribution in [0, 0.1) is 0 Å². The highest BCUT2D eigenvalue weighted by Crippen LogP contribution is 2.08. The summed E-state index contributed by atoms with van der Waals surface area (Å²) < 4.78 is 0.935. The van der Waals surface area contributed by atoms with E-state index in [2.05, 4.69) is 12.4 Å². The zero-order chi connectivity index (χ0) is 11.6. The summed E-state index contributed by atoms with van der Waals surface area (Å²) >= 11 is 0. The summed E-state index contributed by atoms with van der Waals surface area (Å²) in [6.45, 7) is 5.52. The molecular formula is C11H18N3O2+. The van der Waals surface area contributed by atoms with E-state index in [0.717, 1.165) is 37.2 Å². The number of carbonyl (C=O) groups is 2. The van der Waals surface area contributed by atoms with Gasteiger partial charge in [0.05, 0.1) is 33.2 Å². The zero-order valence-corrected chi connectivity index (χ0v) is 9.61. The third-order valence-electron chi connectivity index (χ3n) is 3.42. The molecule has 0 aromatic rings. The molecule has 5 heteroatoms. The summed E-state index contributed by atoms with van der Waals surface area (Å²) in [5.74, 6) is -0.349. The van der Waals surface area contributed by atoms with E-state index in [4.69, 9.17) is 0 Å².